The second-order valence-corrected chi connectivity index (χ2v) is 5.87. The Labute approximate surface area is 157 Å². The summed E-state index contributed by atoms with van der Waals surface area (Å²) in [5.41, 5.74) is 1.84. The zero-order valence-electron chi connectivity index (χ0n) is 15.4. The Morgan fingerprint density at radius 1 is 0.963 bits per heavy atom. The molecule has 142 valence electrons. The van der Waals surface area contributed by atoms with Crippen molar-refractivity contribution in [3.05, 3.63) is 54.1 Å². The zero-order chi connectivity index (χ0) is 19.8. The van der Waals surface area contributed by atoms with Crippen LogP contribution in [-0.4, -0.2) is 31.0 Å². The summed E-state index contributed by atoms with van der Waals surface area (Å²) in [6, 6.07) is 13.7. The lowest BCUT2D eigenvalue weighted by atomic mass is 10.1. The monoisotopic (exact) mass is 370 g/mol. The van der Waals surface area contributed by atoms with Gasteiger partial charge in [0.05, 0.1) is 13.5 Å². The van der Waals surface area contributed by atoms with Crippen LogP contribution in [0.15, 0.2) is 48.5 Å². The van der Waals surface area contributed by atoms with Crippen molar-refractivity contribution in [2.45, 2.75) is 26.4 Å². The number of methoxy groups -OCH3 is 1. The fourth-order valence-corrected chi connectivity index (χ4v) is 2.38. The maximum absolute atomic E-state index is 12.2. The number of benzene rings is 2. The van der Waals surface area contributed by atoms with E-state index in [-0.39, 0.29) is 12.3 Å². The van der Waals surface area contributed by atoms with Gasteiger partial charge in [0.15, 0.2) is 6.10 Å². The molecule has 0 bridgehead atoms. The van der Waals surface area contributed by atoms with Crippen molar-refractivity contribution in [1.29, 1.82) is 0 Å². The van der Waals surface area contributed by atoms with Crippen LogP contribution in [0, 0.1) is 0 Å². The average molecular weight is 370 g/mol. The van der Waals surface area contributed by atoms with Crippen molar-refractivity contribution < 1.29 is 23.9 Å². The fraction of sp³-hybridized carbons (Fsp3) is 0.250. The first-order chi connectivity index (χ1) is 12.9. The summed E-state index contributed by atoms with van der Waals surface area (Å²) in [6.45, 7) is 2.91. The van der Waals surface area contributed by atoms with Crippen molar-refractivity contribution in [2.24, 2.45) is 0 Å². The van der Waals surface area contributed by atoms with Gasteiger partial charge in [0.2, 0.25) is 5.91 Å². The molecule has 2 N–H and O–H groups in total. The summed E-state index contributed by atoms with van der Waals surface area (Å²) in [6.07, 6.45) is -0.949. The summed E-state index contributed by atoms with van der Waals surface area (Å²) in [4.78, 5) is 35.3. The van der Waals surface area contributed by atoms with Crippen LogP contribution in [0.3, 0.4) is 0 Å². The summed E-state index contributed by atoms with van der Waals surface area (Å²) in [5, 5.41) is 5.30. The van der Waals surface area contributed by atoms with Gasteiger partial charge in [0.1, 0.15) is 5.75 Å². The van der Waals surface area contributed by atoms with Gasteiger partial charge in [-0.2, -0.15) is 0 Å². The van der Waals surface area contributed by atoms with Crippen molar-refractivity contribution in [1.82, 2.24) is 0 Å². The molecular weight excluding hydrogens is 348 g/mol. The third-order valence-electron chi connectivity index (χ3n) is 3.68. The summed E-state index contributed by atoms with van der Waals surface area (Å²) in [5.74, 6) is -0.563. The van der Waals surface area contributed by atoms with E-state index in [0.29, 0.717) is 22.7 Å². The lowest BCUT2D eigenvalue weighted by molar-refractivity contribution is -0.152. The molecule has 2 aromatic rings. The molecule has 0 aliphatic carbocycles. The van der Waals surface area contributed by atoms with Gasteiger partial charge in [-0.1, -0.05) is 18.2 Å². The van der Waals surface area contributed by atoms with Crippen molar-refractivity contribution >= 4 is 29.2 Å². The molecule has 0 aliphatic rings. The normalized spacial score (nSPS) is 11.2. The first kappa shape index (κ1) is 20.0. The first-order valence-electron chi connectivity index (χ1n) is 8.39. The van der Waals surface area contributed by atoms with E-state index in [4.69, 9.17) is 9.47 Å². The van der Waals surface area contributed by atoms with Crippen LogP contribution >= 0.6 is 0 Å². The van der Waals surface area contributed by atoms with Gasteiger partial charge >= 0.3 is 5.97 Å². The molecule has 1 unspecified atom stereocenters. The topological polar surface area (TPSA) is 93.7 Å². The fourth-order valence-electron chi connectivity index (χ4n) is 2.38. The number of ether oxygens (including phenoxy) is 2. The predicted octanol–water partition coefficient (Wildman–Crippen LogP) is 2.77. The highest BCUT2D eigenvalue weighted by Crippen LogP contribution is 2.18. The quantitative estimate of drug-likeness (QED) is 0.731. The number of hydrogen-bond acceptors (Lipinski definition) is 5. The lowest BCUT2D eigenvalue weighted by Gasteiger charge is -2.14. The number of hydrogen-bond donors (Lipinski definition) is 2. The van der Waals surface area contributed by atoms with Crippen LogP contribution in [0.5, 0.6) is 5.75 Å². The molecule has 0 radical (unpaired) electrons. The van der Waals surface area contributed by atoms with Crippen molar-refractivity contribution in [3.63, 3.8) is 0 Å². The van der Waals surface area contributed by atoms with E-state index in [0.717, 1.165) is 0 Å². The van der Waals surface area contributed by atoms with Crippen LogP contribution in [-0.2, 0) is 25.5 Å². The largest absolute Gasteiger partial charge is 0.496 e. The second kappa shape index (κ2) is 9.38. The molecule has 27 heavy (non-hydrogen) atoms. The number of carbonyl (C=O) groups excluding carboxylic acids is 3. The molecule has 2 rings (SSSR count). The van der Waals surface area contributed by atoms with Crippen molar-refractivity contribution in [2.75, 3.05) is 17.7 Å². The third kappa shape index (κ3) is 6.14. The second-order valence-electron chi connectivity index (χ2n) is 5.87. The molecule has 0 saturated heterocycles. The van der Waals surface area contributed by atoms with Gasteiger partial charge in [0.25, 0.3) is 5.91 Å². The number of amides is 2. The van der Waals surface area contributed by atoms with Crippen LogP contribution in [0.2, 0.25) is 0 Å². The van der Waals surface area contributed by atoms with Gasteiger partial charge < -0.3 is 20.1 Å². The minimum atomic E-state index is -0.956. The number of carbonyl (C=O) groups is 3. The van der Waals surface area contributed by atoms with Gasteiger partial charge in [-0.05, 0) is 37.3 Å². The molecule has 0 heterocycles. The van der Waals surface area contributed by atoms with Gasteiger partial charge in [-0.3, -0.25) is 14.4 Å². The average Bonchev–Trinajstić information content (AvgIpc) is 2.63. The molecule has 7 heteroatoms. The molecule has 7 nitrogen and oxygen atoms in total. The van der Waals surface area contributed by atoms with Gasteiger partial charge in [0, 0.05) is 23.9 Å². The summed E-state index contributed by atoms with van der Waals surface area (Å²) < 4.78 is 10.4. The van der Waals surface area contributed by atoms with Crippen LogP contribution in [0.1, 0.15) is 19.4 Å². The molecule has 2 amide bonds. The smallest absolute Gasteiger partial charge is 0.311 e. The molecule has 1 atom stereocenters. The molecule has 0 saturated carbocycles. The predicted molar refractivity (Wildman–Crippen MR) is 102 cm³/mol. The van der Waals surface area contributed by atoms with E-state index in [2.05, 4.69) is 10.6 Å². The Balaban J connectivity index is 1.89. The number of rotatable bonds is 7. The van der Waals surface area contributed by atoms with Crippen LogP contribution < -0.4 is 15.4 Å². The van der Waals surface area contributed by atoms with Crippen LogP contribution in [0.25, 0.3) is 0 Å². The Morgan fingerprint density at radius 2 is 1.56 bits per heavy atom. The third-order valence-corrected chi connectivity index (χ3v) is 3.68. The minimum absolute atomic E-state index is 0.00699. The maximum Gasteiger partial charge on any atom is 0.311 e. The Hall–Kier alpha value is -3.35. The zero-order valence-corrected chi connectivity index (χ0v) is 15.4. The van der Waals surface area contributed by atoms with E-state index in [1.54, 1.807) is 48.5 Å². The Bertz CT molecular complexity index is 817. The number of anilines is 2. The number of nitrogens with one attached hydrogen (secondary N) is 2. The Kier molecular flexibility index (Phi) is 6.93. The van der Waals surface area contributed by atoms with Gasteiger partial charge in [-0.25, -0.2) is 0 Å². The van der Waals surface area contributed by atoms with E-state index >= 15 is 0 Å². The first-order valence-corrected chi connectivity index (χ1v) is 8.39. The molecule has 0 fully saturated rings. The van der Waals surface area contributed by atoms with Crippen LogP contribution in [0.4, 0.5) is 11.4 Å². The van der Waals surface area contributed by atoms with E-state index < -0.39 is 18.0 Å². The highest BCUT2D eigenvalue weighted by molar-refractivity contribution is 5.95. The van der Waals surface area contributed by atoms with Crippen molar-refractivity contribution in [3.8, 4) is 5.75 Å². The minimum Gasteiger partial charge on any atom is -0.496 e. The molecule has 0 aromatic heterocycles. The number of para-hydroxylation sites is 1. The lowest BCUT2D eigenvalue weighted by Crippen LogP contribution is -2.30. The highest BCUT2D eigenvalue weighted by atomic mass is 16.5. The standard InChI is InChI=1S/C20H22N2O5/c1-13(27-19(24)12-15-6-4-5-7-18(15)26-3)20(25)22-17-10-8-16(9-11-17)21-14(2)23/h4-11,13H,12H2,1-3H3,(H,21,23)(H,22,25). The number of esters is 1. The summed E-state index contributed by atoms with van der Waals surface area (Å²) in [7, 11) is 1.53. The highest BCUT2D eigenvalue weighted by Gasteiger charge is 2.19. The van der Waals surface area contributed by atoms with E-state index in [1.165, 1.54) is 21.0 Å². The summed E-state index contributed by atoms with van der Waals surface area (Å²) >= 11 is 0. The SMILES string of the molecule is COc1ccccc1CC(=O)OC(C)C(=O)Nc1ccc(NC(C)=O)cc1. The molecule has 0 spiro atoms. The molecule has 2 aromatic carbocycles. The molecular formula is C20H22N2O5. The van der Waals surface area contributed by atoms with Gasteiger partial charge in [-0.15, -0.1) is 0 Å². The van der Waals surface area contributed by atoms with E-state index in [9.17, 15) is 14.4 Å². The molecule has 0 aliphatic heterocycles. The maximum atomic E-state index is 12.2. The Morgan fingerprint density at radius 3 is 2.15 bits per heavy atom. The van der Waals surface area contributed by atoms with E-state index in [1.807, 2.05) is 0 Å².